The van der Waals surface area contributed by atoms with E-state index in [1.807, 2.05) is 29.2 Å². The van der Waals surface area contributed by atoms with E-state index < -0.39 is 11.3 Å². The number of methoxy groups -OCH3 is 1. The molecule has 3 aromatic carbocycles. The minimum absolute atomic E-state index is 0.0320. The van der Waals surface area contributed by atoms with Gasteiger partial charge in [0.2, 0.25) is 0 Å². The quantitative estimate of drug-likeness (QED) is 0.175. The lowest BCUT2D eigenvalue weighted by molar-refractivity contribution is 0.0637. The van der Waals surface area contributed by atoms with E-state index in [-0.39, 0.29) is 35.2 Å². The van der Waals surface area contributed by atoms with E-state index >= 15 is 0 Å². The Hall–Kier alpha value is -5.43. The minimum Gasteiger partial charge on any atom is -0.493 e. The van der Waals surface area contributed by atoms with E-state index in [9.17, 15) is 18.4 Å². The maximum absolute atomic E-state index is 14.5. The van der Waals surface area contributed by atoms with Gasteiger partial charge in [0, 0.05) is 17.7 Å². The monoisotopic (exact) mass is 704 g/mol. The highest BCUT2D eigenvalue weighted by Gasteiger charge is 2.65. The summed E-state index contributed by atoms with van der Waals surface area (Å²) in [5.41, 5.74) is 6.77. The molecule has 1 spiro atoms. The van der Waals surface area contributed by atoms with Gasteiger partial charge in [-0.3, -0.25) is 9.78 Å². The Morgan fingerprint density at radius 3 is 2.67 bits per heavy atom. The summed E-state index contributed by atoms with van der Waals surface area (Å²) in [6, 6.07) is 15.4. The molecule has 5 aliphatic rings. The maximum atomic E-state index is 14.5. The molecular formula is C38H30F2N6O4S. The summed E-state index contributed by atoms with van der Waals surface area (Å²) < 4.78 is 40.1. The number of nitrogens with zero attached hydrogens (tertiary/aromatic N) is 4. The molecule has 1 amide bonds. The average Bonchev–Trinajstić information content (AvgIpc) is 3.96. The number of benzene rings is 3. The number of rotatable bonds is 8. The molecule has 2 N–H and O–H groups in total. The van der Waals surface area contributed by atoms with E-state index in [4.69, 9.17) is 19.1 Å². The van der Waals surface area contributed by atoms with Crippen molar-refractivity contribution in [3.05, 3.63) is 110 Å². The van der Waals surface area contributed by atoms with Gasteiger partial charge in [0.05, 0.1) is 57.1 Å². The van der Waals surface area contributed by atoms with Crippen molar-refractivity contribution in [2.24, 2.45) is 5.92 Å². The number of halogens is 2. The molecule has 6 heterocycles. The van der Waals surface area contributed by atoms with Crippen molar-refractivity contribution < 1.29 is 22.7 Å². The fourth-order valence-corrected chi connectivity index (χ4v) is 9.94. The number of hydrogen-bond donors (Lipinski definition) is 2. The molecule has 0 unspecified atom stereocenters. The van der Waals surface area contributed by atoms with Gasteiger partial charge in [-0.15, -0.1) is 16.4 Å². The third-order valence-corrected chi connectivity index (χ3v) is 12.2. The van der Waals surface area contributed by atoms with Crippen molar-refractivity contribution >= 4 is 33.1 Å². The number of H-pyrrole nitrogens is 1. The summed E-state index contributed by atoms with van der Waals surface area (Å²) in [5, 5.41) is 10.9. The number of aryl methyl sites for hydroxylation is 2. The zero-order chi connectivity index (χ0) is 34.6. The Labute approximate surface area is 293 Å². The van der Waals surface area contributed by atoms with E-state index in [0.717, 1.165) is 57.6 Å². The molecule has 51 heavy (non-hydrogen) atoms. The van der Waals surface area contributed by atoms with Crippen molar-refractivity contribution in [3.8, 4) is 27.8 Å². The van der Waals surface area contributed by atoms with Gasteiger partial charge in [-0.25, -0.2) is 23.7 Å². The van der Waals surface area contributed by atoms with Crippen molar-refractivity contribution in [2.45, 2.75) is 50.1 Å². The van der Waals surface area contributed by atoms with E-state index in [2.05, 4.69) is 15.5 Å². The van der Waals surface area contributed by atoms with Crippen molar-refractivity contribution in [1.82, 2.24) is 25.1 Å². The van der Waals surface area contributed by atoms with E-state index in [1.54, 1.807) is 12.1 Å². The highest BCUT2D eigenvalue weighted by Crippen LogP contribution is 2.62. The second-order valence-electron chi connectivity index (χ2n) is 13.9. The van der Waals surface area contributed by atoms with Crippen molar-refractivity contribution in [3.63, 3.8) is 0 Å². The van der Waals surface area contributed by atoms with E-state index in [1.165, 1.54) is 36.6 Å². The first-order valence-corrected chi connectivity index (χ1v) is 17.8. The number of nitrogens with one attached hydrogen (secondary N) is 2. The third kappa shape index (κ3) is 4.46. The Morgan fingerprint density at radius 2 is 1.88 bits per heavy atom. The Kier molecular flexibility index (Phi) is 6.58. The van der Waals surface area contributed by atoms with Crippen LogP contribution >= 0.6 is 11.3 Å². The Morgan fingerprint density at radius 1 is 1.04 bits per heavy atom. The number of pyridine rings is 1. The molecule has 1 saturated carbocycles. The molecule has 6 aromatic rings. The number of carbonyl (C=O) groups is 1. The second kappa shape index (κ2) is 11.0. The zero-order valence-corrected chi connectivity index (χ0v) is 28.2. The smallest absolute Gasteiger partial charge is 0.434 e. The summed E-state index contributed by atoms with van der Waals surface area (Å²) in [4.78, 5) is 39.1. The third-order valence-electron chi connectivity index (χ3n) is 11.1. The molecular weight excluding hydrogens is 675 g/mol. The minimum atomic E-state index is -0.725. The van der Waals surface area contributed by atoms with Gasteiger partial charge < -0.3 is 19.4 Å². The number of amides is 1. The summed E-state index contributed by atoms with van der Waals surface area (Å²) in [7, 11) is 1.49. The molecule has 1 atom stereocenters. The van der Waals surface area contributed by atoms with Crippen molar-refractivity contribution in [2.75, 3.05) is 19.0 Å². The van der Waals surface area contributed by atoms with Crippen LogP contribution in [0.5, 0.6) is 5.75 Å². The fourth-order valence-electron chi connectivity index (χ4n) is 8.84. The van der Waals surface area contributed by atoms with Crippen LogP contribution in [-0.2, 0) is 24.8 Å². The molecule has 3 aromatic heterocycles. The summed E-state index contributed by atoms with van der Waals surface area (Å²) in [6.45, 7) is 0.678. The van der Waals surface area contributed by atoms with Crippen LogP contribution in [0.2, 0.25) is 0 Å². The van der Waals surface area contributed by atoms with Crippen LogP contribution in [0.1, 0.15) is 63.7 Å². The van der Waals surface area contributed by atoms with Gasteiger partial charge >= 0.3 is 5.76 Å². The van der Waals surface area contributed by atoms with Crippen LogP contribution < -0.4 is 15.8 Å². The van der Waals surface area contributed by atoms with Crippen molar-refractivity contribution in [1.29, 1.82) is 0 Å². The number of aromatic amines is 1. The largest absolute Gasteiger partial charge is 0.493 e. The van der Waals surface area contributed by atoms with Crippen LogP contribution in [-0.4, -0.2) is 44.6 Å². The lowest BCUT2D eigenvalue weighted by atomic mass is 9.71. The van der Waals surface area contributed by atoms with Crippen LogP contribution in [0.3, 0.4) is 0 Å². The first-order chi connectivity index (χ1) is 24.8. The number of aromatic nitrogens is 4. The SMILES string of the molecule is COc1c(F)ccc2c1CC[C@@H]2Nc1cccc2nc(-c3c4c(nc(CCc5ccc(F)cc5)c3-c3n[nH]c(=O)o3)C35CC(CN3C4=O)C5)sc12. The molecule has 11 rings (SSSR count). The number of hydrogen-bond acceptors (Lipinski definition) is 9. The number of anilines is 1. The first kappa shape index (κ1) is 30.4. The standard InChI is InChI=1S/C38H30F2N6O4S/c1-49-31-22-11-14-24(21(22)10-12-23(31)40)41-26-3-2-4-27-32(26)51-35(43-27)29-28(34-44-45-37(48)50-34)25(13-7-18-5-8-20(39)9-6-18)42-33-30(29)36(47)46-17-19-15-38(33,46)16-19/h2-6,8-10,12,19,24,41H,7,11,13-17H2,1H3,(H,45,48)/t19?,24-,38?/m0/s1. The average molecular weight is 705 g/mol. The van der Waals surface area contributed by atoms with Crippen LogP contribution in [0.15, 0.2) is 63.8 Å². The summed E-state index contributed by atoms with van der Waals surface area (Å²) in [6.07, 6.45) is 4.12. The van der Waals surface area contributed by atoms with Gasteiger partial charge in [0.15, 0.2) is 11.6 Å². The molecule has 10 nitrogen and oxygen atoms in total. The Balaban J connectivity index is 1.14. The predicted octanol–water partition coefficient (Wildman–Crippen LogP) is 6.95. The number of fused-ring (bicyclic) bond motifs is 3. The lowest BCUT2D eigenvalue weighted by Gasteiger charge is -2.37. The van der Waals surface area contributed by atoms with Gasteiger partial charge in [-0.1, -0.05) is 24.3 Å². The highest BCUT2D eigenvalue weighted by molar-refractivity contribution is 7.22. The fraction of sp³-hybridized carbons (Fsp3) is 0.289. The molecule has 2 bridgehead atoms. The molecule has 3 fully saturated rings. The van der Waals surface area contributed by atoms with Gasteiger partial charge in [-0.2, -0.15) is 0 Å². The predicted molar refractivity (Wildman–Crippen MR) is 186 cm³/mol. The lowest BCUT2D eigenvalue weighted by Crippen LogP contribution is -2.40. The van der Waals surface area contributed by atoms with Gasteiger partial charge in [-0.05, 0) is 85.9 Å². The van der Waals surface area contributed by atoms with Crippen LogP contribution in [0.4, 0.5) is 14.5 Å². The molecule has 2 aliphatic carbocycles. The maximum Gasteiger partial charge on any atom is 0.434 e. The highest BCUT2D eigenvalue weighted by atomic mass is 32.1. The molecule has 0 radical (unpaired) electrons. The molecule has 2 saturated heterocycles. The second-order valence-corrected chi connectivity index (χ2v) is 14.9. The number of ether oxygens (including phenoxy) is 1. The normalized spacial score (nSPS) is 21.2. The first-order valence-electron chi connectivity index (χ1n) is 17.0. The van der Waals surface area contributed by atoms with Gasteiger partial charge in [0.25, 0.3) is 11.8 Å². The van der Waals surface area contributed by atoms with Crippen LogP contribution in [0.25, 0.3) is 32.2 Å². The zero-order valence-electron chi connectivity index (χ0n) is 27.4. The molecule has 13 heteroatoms. The molecule has 256 valence electrons. The summed E-state index contributed by atoms with van der Waals surface area (Å²) in [5.74, 6) is -0.739. The summed E-state index contributed by atoms with van der Waals surface area (Å²) >= 11 is 1.44. The van der Waals surface area contributed by atoms with Gasteiger partial charge in [0.1, 0.15) is 10.8 Å². The Bertz CT molecular complexity index is 2490. The number of carbonyl (C=O) groups excluding carboxylic acids is 1. The van der Waals surface area contributed by atoms with E-state index in [0.29, 0.717) is 59.1 Å². The molecule has 3 aliphatic heterocycles. The number of thiazole rings is 1. The van der Waals surface area contributed by atoms with Crippen LogP contribution in [0, 0.1) is 17.6 Å². The topological polar surface area (TPSA) is 126 Å².